The Morgan fingerprint density at radius 3 is 2.45 bits per heavy atom. The van der Waals surface area contributed by atoms with Crippen LogP contribution in [0.2, 0.25) is 0 Å². The van der Waals surface area contributed by atoms with Gasteiger partial charge in [-0.05, 0) is 38.1 Å². The van der Waals surface area contributed by atoms with Gasteiger partial charge in [0.25, 0.3) is 11.5 Å². The monoisotopic (exact) mass is 444 g/mol. The van der Waals surface area contributed by atoms with Gasteiger partial charge in [-0.25, -0.2) is 23.0 Å². The van der Waals surface area contributed by atoms with E-state index < -0.39 is 28.5 Å². The molecule has 0 aliphatic rings. The van der Waals surface area contributed by atoms with E-state index in [1.165, 1.54) is 28.9 Å². The van der Waals surface area contributed by atoms with Crippen molar-refractivity contribution >= 4 is 38.4 Å². The van der Waals surface area contributed by atoms with E-state index in [-0.39, 0.29) is 27.9 Å². The summed E-state index contributed by atoms with van der Waals surface area (Å²) < 4.78 is 29.1. The summed E-state index contributed by atoms with van der Waals surface area (Å²) >= 11 is 0. The van der Waals surface area contributed by atoms with Crippen molar-refractivity contribution in [2.24, 2.45) is 5.14 Å². The number of hydrogen-bond acceptors (Lipinski definition) is 7. The Balaban J connectivity index is 1.78. The Morgan fingerprint density at radius 1 is 1.13 bits per heavy atom. The molecule has 0 spiro atoms. The first-order chi connectivity index (χ1) is 14.6. The van der Waals surface area contributed by atoms with Crippen LogP contribution in [0.3, 0.4) is 0 Å². The fourth-order valence-corrected chi connectivity index (χ4v) is 3.41. The molecule has 3 rings (SSSR count). The molecule has 1 aromatic heterocycles. The molecule has 0 saturated carbocycles. The van der Waals surface area contributed by atoms with Crippen LogP contribution in [0.15, 0.2) is 58.2 Å². The van der Waals surface area contributed by atoms with Gasteiger partial charge < -0.3 is 10.1 Å². The number of nitrogens with zero attached hydrogens (tertiary/aromatic N) is 2. The van der Waals surface area contributed by atoms with E-state index in [0.29, 0.717) is 10.8 Å². The van der Waals surface area contributed by atoms with E-state index in [4.69, 9.17) is 9.88 Å². The summed E-state index contributed by atoms with van der Waals surface area (Å²) in [5, 5.41) is 12.2. The average Bonchev–Trinajstić information content (AvgIpc) is 2.72. The molecule has 0 unspecified atom stereocenters. The molecule has 0 radical (unpaired) electrons. The predicted octanol–water partition coefficient (Wildman–Crippen LogP) is 1.42. The van der Waals surface area contributed by atoms with Gasteiger partial charge in [0.05, 0.1) is 16.3 Å². The molecule has 11 heteroatoms. The Labute approximate surface area is 177 Å². The van der Waals surface area contributed by atoms with Crippen LogP contribution in [0.5, 0.6) is 0 Å². The second-order valence-electron chi connectivity index (χ2n) is 6.93. The first-order valence-corrected chi connectivity index (χ1v) is 10.7. The number of carbonyl (C=O) groups excluding carboxylic acids is 2. The number of aromatic nitrogens is 2. The van der Waals surface area contributed by atoms with Gasteiger partial charge in [0.1, 0.15) is 0 Å². The minimum Gasteiger partial charge on any atom is -0.451 e. The molecule has 0 saturated heterocycles. The molecule has 31 heavy (non-hydrogen) atoms. The van der Waals surface area contributed by atoms with Crippen LogP contribution < -0.4 is 16.0 Å². The largest absolute Gasteiger partial charge is 0.451 e. The third-order valence-electron chi connectivity index (χ3n) is 4.29. The van der Waals surface area contributed by atoms with Crippen molar-refractivity contribution in [1.29, 1.82) is 0 Å². The second kappa shape index (κ2) is 8.66. The molecular formula is C20H20N4O6S. The summed E-state index contributed by atoms with van der Waals surface area (Å²) in [6, 6.07) is 11.5. The highest BCUT2D eigenvalue weighted by Crippen LogP contribution is 2.16. The van der Waals surface area contributed by atoms with Crippen LogP contribution in [-0.4, -0.2) is 36.7 Å². The number of amides is 1. The number of rotatable bonds is 6. The molecule has 0 fully saturated rings. The minimum absolute atomic E-state index is 0.0899. The minimum atomic E-state index is -3.93. The van der Waals surface area contributed by atoms with Crippen LogP contribution in [0, 0.1) is 0 Å². The van der Waals surface area contributed by atoms with E-state index in [2.05, 4.69) is 10.4 Å². The summed E-state index contributed by atoms with van der Waals surface area (Å²) in [6.07, 6.45) is 0. The number of primary sulfonamides is 1. The predicted molar refractivity (Wildman–Crippen MR) is 113 cm³/mol. The number of hydrogen-bond donors (Lipinski definition) is 2. The number of benzene rings is 2. The first-order valence-electron chi connectivity index (χ1n) is 9.19. The molecular weight excluding hydrogens is 424 g/mol. The van der Waals surface area contributed by atoms with E-state index in [1.807, 2.05) is 0 Å². The third kappa shape index (κ3) is 4.95. The zero-order valence-corrected chi connectivity index (χ0v) is 17.5. The summed E-state index contributed by atoms with van der Waals surface area (Å²) in [6.45, 7) is 2.86. The maximum atomic E-state index is 12.6. The molecule has 0 atom stereocenters. The summed E-state index contributed by atoms with van der Waals surface area (Å²) in [5.41, 5.74) is -0.257. The Morgan fingerprint density at radius 2 is 1.81 bits per heavy atom. The van der Waals surface area contributed by atoms with Gasteiger partial charge in [-0.1, -0.05) is 24.3 Å². The Hall–Kier alpha value is -3.57. The normalized spacial score (nSPS) is 11.5. The van der Waals surface area contributed by atoms with Crippen LogP contribution in [0.4, 0.5) is 5.69 Å². The summed E-state index contributed by atoms with van der Waals surface area (Å²) in [5.74, 6) is -1.57. The van der Waals surface area contributed by atoms with Crippen molar-refractivity contribution in [2.45, 2.75) is 24.8 Å². The van der Waals surface area contributed by atoms with Crippen LogP contribution in [0.25, 0.3) is 10.8 Å². The zero-order valence-electron chi connectivity index (χ0n) is 16.7. The topological polar surface area (TPSA) is 150 Å². The summed E-state index contributed by atoms with van der Waals surface area (Å²) in [7, 11) is -3.93. The maximum Gasteiger partial charge on any atom is 0.359 e. The van der Waals surface area contributed by atoms with Gasteiger partial charge >= 0.3 is 5.97 Å². The molecule has 3 aromatic rings. The van der Waals surface area contributed by atoms with Crippen molar-refractivity contribution in [3.05, 3.63) is 64.6 Å². The van der Waals surface area contributed by atoms with Crippen LogP contribution in [-0.2, 0) is 19.6 Å². The number of nitrogens with one attached hydrogen (secondary N) is 1. The highest BCUT2D eigenvalue weighted by Gasteiger charge is 2.20. The van der Waals surface area contributed by atoms with Crippen molar-refractivity contribution in [2.75, 3.05) is 11.9 Å². The molecule has 2 aromatic carbocycles. The van der Waals surface area contributed by atoms with E-state index >= 15 is 0 Å². The lowest BCUT2D eigenvalue weighted by atomic mass is 10.1. The second-order valence-corrected chi connectivity index (χ2v) is 8.50. The fourth-order valence-electron chi connectivity index (χ4n) is 2.85. The third-order valence-corrected chi connectivity index (χ3v) is 5.20. The van der Waals surface area contributed by atoms with Crippen LogP contribution in [0.1, 0.15) is 30.4 Å². The van der Waals surface area contributed by atoms with Crippen molar-refractivity contribution in [3.8, 4) is 0 Å². The molecule has 0 aliphatic carbocycles. The zero-order chi connectivity index (χ0) is 22.8. The standard InChI is InChI=1S/C20H20N4O6S/c1-12(2)24-19(26)16-9-4-3-8-15(16)18(23-24)20(27)30-11-17(25)22-13-6-5-7-14(10-13)31(21,28)29/h3-10,12H,11H2,1-2H3,(H,22,25)(H2,21,28,29). The number of sulfonamides is 1. The molecule has 3 N–H and O–H groups in total. The molecule has 162 valence electrons. The van der Waals surface area contributed by atoms with Crippen molar-refractivity contribution in [3.63, 3.8) is 0 Å². The lowest BCUT2D eigenvalue weighted by Crippen LogP contribution is -2.28. The Kier molecular flexibility index (Phi) is 6.18. The van der Waals surface area contributed by atoms with Gasteiger partial charge in [0, 0.05) is 11.1 Å². The lowest BCUT2D eigenvalue weighted by Gasteiger charge is -2.13. The van der Waals surface area contributed by atoms with E-state index in [1.54, 1.807) is 38.1 Å². The number of fused-ring (bicyclic) bond motifs is 1. The Bertz CT molecular complexity index is 1330. The maximum absolute atomic E-state index is 12.6. The van der Waals surface area contributed by atoms with Crippen molar-refractivity contribution in [1.82, 2.24) is 9.78 Å². The first kappa shape index (κ1) is 22.1. The van der Waals surface area contributed by atoms with Gasteiger partial charge in [-0.15, -0.1) is 0 Å². The van der Waals surface area contributed by atoms with Gasteiger partial charge in [-0.3, -0.25) is 9.59 Å². The number of carbonyl (C=O) groups is 2. The number of esters is 1. The van der Waals surface area contributed by atoms with Gasteiger partial charge in [-0.2, -0.15) is 5.10 Å². The molecule has 10 nitrogen and oxygen atoms in total. The number of nitrogens with two attached hydrogens (primary N) is 1. The summed E-state index contributed by atoms with van der Waals surface area (Å²) in [4.78, 5) is 37.1. The quantitative estimate of drug-likeness (QED) is 0.546. The molecule has 1 heterocycles. The number of anilines is 1. The highest BCUT2D eigenvalue weighted by atomic mass is 32.2. The number of ether oxygens (including phenoxy) is 1. The smallest absolute Gasteiger partial charge is 0.359 e. The van der Waals surface area contributed by atoms with Gasteiger partial charge in [0.2, 0.25) is 10.0 Å². The van der Waals surface area contributed by atoms with Crippen LogP contribution >= 0.6 is 0 Å². The molecule has 0 aliphatic heterocycles. The van der Waals surface area contributed by atoms with Crippen molar-refractivity contribution < 1.29 is 22.7 Å². The SMILES string of the molecule is CC(C)n1nc(C(=O)OCC(=O)Nc2cccc(S(N)(=O)=O)c2)c2ccccc2c1=O. The lowest BCUT2D eigenvalue weighted by molar-refractivity contribution is -0.119. The van der Waals surface area contributed by atoms with E-state index in [9.17, 15) is 22.8 Å². The van der Waals surface area contributed by atoms with E-state index in [0.717, 1.165) is 0 Å². The van der Waals surface area contributed by atoms with Gasteiger partial charge in [0.15, 0.2) is 12.3 Å². The average molecular weight is 444 g/mol. The highest BCUT2D eigenvalue weighted by molar-refractivity contribution is 7.89. The molecule has 0 bridgehead atoms. The molecule has 1 amide bonds. The fraction of sp³-hybridized carbons (Fsp3) is 0.200.